The Labute approximate surface area is 108 Å². The van der Waals surface area contributed by atoms with E-state index in [4.69, 9.17) is 9.47 Å². The molecule has 0 radical (unpaired) electrons. The number of carbonyl (C=O) groups excluding carboxylic acids is 1. The average Bonchev–Trinajstić information content (AvgIpc) is 2.39. The van der Waals surface area contributed by atoms with Gasteiger partial charge < -0.3 is 9.47 Å². The van der Waals surface area contributed by atoms with Crippen molar-refractivity contribution < 1.29 is 14.3 Å². The number of esters is 1. The molecule has 1 aliphatic rings. The van der Waals surface area contributed by atoms with Crippen molar-refractivity contribution in [1.29, 1.82) is 0 Å². The van der Waals surface area contributed by atoms with E-state index in [9.17, 15) is 4.79 Å². The van der Waals surface area contributed by atoms with Crippen LogP contribution in [0.1, 0.15) is 37.7 Å². The molecule has 3 nitrogen and oxygen atoms in total. The Hall–Kier alpha value is -1.51. The molecule has 1 aromatic rings. The van der Waals surface area contributed by atoms with Crippen molar-refractivity contribution in [3.8, 4) is 5.75 Å². The molecule has 0 heterocycles. The van der Waals surface area contributed by atoms with Gasteiger partial charge in [0.15, 0.2) is 6.61 Å². The van der Waals surface area contributed by atoms with Gasteiger partial charge in [-0.25, -0.2) is 4.79 Å². The summed E-state index contributed by atoms with van der Waals surface area (Å²) in [5.74, 6) is 0.489. The topological polar surface area (TPSA) is 35.5 Å². The van der Waals surface area contributed by atoms with E-state index in [0.29, 0.717) is 0 Å². The minimum absolute atomic E-state index is 0.00134. The molecule has 0 aromatic heterocycles. The van der Waals surface area contributed by atoms with Gasteiger partial charge in [-0.1, -0.05) is 24.6 Å². The van der Waals surface area contributed by atoms with Gasteiger partial charge in [0.2, 0.25) is 0 Å². The van der Waals surface area contributed by atoms with Gasteiger partial charge in [0.05, 0.1) is 0 Å². The van der Waals surface area contributed by atoms with Gasteiger partial charge in [-0.3, -0.25) is 0 Å². The number of hydrogen-bond acceptors (Lipinski definition) is 3. The van der Waals surface area contributed by atoms with E-state index in [0.717, 1.165) is 37.0 Å². The lowest BCUT2D eigenvalue weighted by Gasteiger charge is -2.21. The van der Waals surface area contributed by atoms with Gasteiger partial charge in [-0.15, -0.1) is 0 Å². The first-order valence-corrected chi connectivity index (χ1v) is 6.63. The Morgan fingerprint density at radius 1 is 1.22 bits per heavy atom. The zero-order valence-corrected chi connectivity index (χ0v) is 10.9. The lowest BCUT2D eigenvalue weighted by molar-refractivity contribution is -0.152. The normalized spacial score (nSPS) is 16.3. The molecule has 1 saturated carbocycles. The van der Waals surface area contributed by atoms with Crippen LogP contribution in [-0.4, -0.2) is 18.7 Å². The summed E-state index contributed by atoms with van der Waals surface area (Å²) >= 11 is 0. The molecule has 1 aromatic carbocycles. The summed E-state index contributed by atoms with van der Waals surface area (Å²) in [4.78, 5) is 11.6. The fourth-order valence-electron chi connectivity index (χ4n) is 2.26. The van der Waals surface area contributed by atoms with Gasteiger partial charge in [-0.2, -0.15) is 0 Å². The monoisotopic (exact) mass is 248 g/mol. The first-order chi connectivity index (χ1) is 8.75. The van der Waals surface area contributed by atoms with E-state index >= 15 is 0 Å². The molecule has 0 aliphatic heterocycles. The number of aryl methyl sites for hydroxylation is 1. The van der Waals surface area contributed by atoms with Crippen molar-refractivity contribution in [3.63, 3.8) is 0 Å². The van der Waals surface area contributed by atoms with Crippen molar-refractivity contribution >= 4 is 5.97 Å². The molecule has 3 heteroatoms. The van der Waals surface area contributed by atoms with Crippen LogP contribution in [-0.2, 0) is 9.53 Å². The van der Waals surface area contributed by atoms with E-state index < -0.39 is 0 Å². The van der Waals surface area contributed by atoms with Crippen molar-refractivity contribution in [2.75, 3.05) is 6.61 Å². The Balaban J connectivity index is 1.76. The highest BCUT2D eigenvalue weighted by Gasteiger charge is 2.17. The minimum Gasteiger partial charge on any atom is -0.482 e. The second-order valence-corrected chi connectivity index (χ2v) is 4.80. The third-order valence-electron chi connectivity index (χ3n) is 3.29. The maximum absolute atomic E-state index is 11.6. The molecule has 0 unspecified atom stereocenters. The number of rotatable bonds is 4. The van der Waals surface area contributed by atoms with E-state index in [2.05, 4.69) is 0 Å². The molecule has 0 saturated heterocycles. The fourth-order valence-corrected chi connectivity index (χ4v) is 2.26. The minimum atomic E-state index is -0.259. The van der Waals surface area contributed by atoms with Gasteiger partial charge in [0.25, 0.3) is 0 Å². The number of ether oxygens (including phenoxy) is 2. The van der Waals surface area contributed by atoms with Gasteiger partial charge in [-0.05, 0) is 44.2 Å². The predicted molar refractivity (Wildman–Crippen MR) is 69.6 cm³/mol. The maximum Gasteiger partial charge on any atom is 0.344 e. The number of para-hydroxylation sites is 1. The van der Waals surface area contributed by atoms with Crippen molar-refractivity contribution in [1.82, 2.24) is 0 Å². The largest absolute Gasteiger partial charge is 0.482 e. The highest BCUT2D eigenvalue weighted by molar-refractivity contribution is 5.71. The van der Waals surface area contributed by atoms with E-state index in [1.807, 2.05) is 31.2 Å². The first kappa shape index (κ1) is 12.9. The zero-order valence-electron chi connectivity index (χ0n) is 10.9. The Morgan fingerprint density at radius 3 is 2.67 bits per heavy atom. The van der Waals surface area contributed by atoms with Crippen molar-refractivity contribution in [2.24, 2.45) is 0 Å². The van der Waals surface area contributed by atoms with Crippen LogP contribution in [0.3, 0.4) is 0 Å². The molecule has 18 heavy (non-hydrogen) atoms. The lowest BCUT2D eigenvalue weighted by Crippen LogP contribution is -2.24. The summed E-state index contributed by atoms with van der Waals surface area (Å²) in [5.41, 5.74) is 1.03. The Kier molecular flexibility index (Phi) is 4.62. The fraction of sp³-hybridized carbons (Fsp3) is 0.533. The third-order valence-corrected chi connectivity index (χ3v) is 3.29. The molecule has 0 bridgehead atoms. The highest BCUT2D eigenvalue weighted by Crippen LogP contribution is 2.21. The molecule has 0 N–H and O–H groups in total. The molecule has 0 atom stereocenters. The van der Waals surface area contributed by atoms with Crippen molar-refractivity contribution in [2.45, 2.75) is 45.1 Å². The van der Waals surface area contributed by atoms with Crippen LogP contribution in [0.5, 0.6) is 5.75 Å². The van der Waals surface area contributed by atoms with Crippen LogP contribution in [0.4, 0.5) is 0 Å². The Morgan fingerprint density at radius 2 is 1.94 bits per heavy atom. The van der Waals surface area contributed by atoms with Gasteiger partial charge in [0.1, 0.15) is 11.9 Å². The number of carbonyl (C=O) groups is 1. The predicted octanol–water partition coefficient (Wildman–Crippen LogP) is 3.25. The summed E-state index contributed by atoms with van der Waals surface area (Å²) in [5, 5.41) is 0. The summed E-state index contributed by atoms with van der Waals surface area (Å²) in [6.07, 6.45) is 5.68. The zero-order chi connectivity index (χ0) is 12.8. The molecule has 2 rings (SSSR count). The summed E-state index contributed by atoms with van der Waals surface area (Å²) in [6, 6.07) is 7.67. The first-order valence-electron chi connectivity index (χ1n) is 6.63. The van der Waals surface area contributed by atoms with E-state index in [1.54, 1.807) is 0 Å². The summed E-state index contributed by atoms with van der Waals surface area (Å²) < 4.78 is 10.9. The van der Waals surface area contributed by atoms with Gasteiger partial charge in [0, 0.05) is 0 Å². The Bertz CT molecular complexity index is 394. The van der Waals surface area contributed by atoms with E-state index in [-0.39, 0.29) is 18.7 Å². The number of benzene rings is 1. The van der Waals surface area contributed by atoms with Crippen LogP contribution >= 0.6 is 0 Å². The summed E-state index contributed by atoms with van der Waals surface area (Å²) in [7, 11) is 0. The smallest absolute Gasteiger partial charge is 0.344 e. The van der Waals surface area contributed by atoms with Crippen molar-refractivity contribution in [3.05, 3.63) is 29.8 Å². The molecule has 1 fully saturated rings. The maximum atomic E-state index is 11.6. The molecule has 98 valence electrons. The molecule has 0 amide bonds. The van der Waals surface area contributed by atoms with Crippen LogP contribution in [0.2, 0.25) is 0 Å². The highest BCUT2D eigenvalue weighted by atomic mass is 16.6. The van der Waals surface area contributed by atoms with Crippen LogP contribution < -0.4 is 4.74 Å². The summed E-state index contributed by atoms with van der Waals surface area (Å²) in [6.45, 7) is 1.96. The lowest BCUT2D eigenvalue weighted by atomic mass is 9.98. The molecule has 0 spiro atoms. The van der Waals surface area contributed by atoms with Gasteiger partial charge >= 0.3 is 5.97 Å². The van der Waals surface area contributed by atoms with E-state index in [1.165, 1.54) is 6.42 Å². The quantitative estimate of drug-likeness (QED) is 0.767. The average molecular weight is 248 g/mol. The molecular formula is C15H20O3. The molecule has 1 aliphatic carbocycles. The SMILES string of the molecule is Cc1ccccc1OCC(=O)OC1CCCCC1. The standard InChI is InChI=1S/C15H20O3/c1-12-7-5-6-10-14(12)17-11-15(16)18-13-8-3-2-4-9-13/h5-7,10,13H,2-4,8-9,11H2,1H3. The second-order valence-electron chi connectivity index (χ2n) is 4.80. The van der Waals surface area contributed by atoms with Crippen LogP contribution in [0.25, 0.3) is 0 Å². The molecular weight excluding hydrogens is 228 g/mol. The third kappa shape index (κ3) is 3.76. The van der Waals surface area contributed by atoms with Crippen LogP contribution in [0, 0.1) is 6.92 Å². The second kappa shape index (κ2) is 6.43. The number of hydrogen-bond donors (Lipinski definition) is 0. The van der Waals surface area contributed by atoms with Crippen LogP contribution in [0.15, 0.2) is 24.3 Å².